The van der Waals surface area contributed by atoms with Gasteiger partial charge in [0.2, 0.25) is 0 Å². The molecule has 0 spiro atoms. The lowest BCUT2D eigenvalue weighted by Crippen LogP contribution is -2.30. The molecular formula is C21H21N3O8. The molecule has 0 radical (unpaired) electrons. The molecule has 1 amide bonds. The smallest absolute Gasteiger partial charge is 0.419 e. The SMILES string of the molecule is COc1ccc([N+](=O)[O-])cc1NC(=O)C(C)OC(=O)CCCn1c(=O)oc2ccccc21. The van der Waals surface area contributed by atoms with E-state index in [2.05, 4.69) is 5.32 Å². The zero-order chi connectivity index (χ0) is 23.3. The van der Waals surface area contributed by atoms with E-state index in [9.17, 15) is 24.5 Å². The molecular weight excluding hydrogens is 422 g/mol. The minimum atomic E-state index is -1.15. The third-order valence-electron chi connectivity index (χ3n) is 4.67. The Labute approximate surface area is 181 Å². The number of methoxy groups -OCH3 is 1. The van der Waals surface area contributed by atoms with Gasteiger partial charge in [0, 0.05) is 25.1 Å². The first-order chi connectivity index (χ1) is 15.3. The minimum absolute atomic E-state index is 0.0241. The van der Waals surface area contributed by atoms with Gasteiger partial charge < -0.3 is 19.2 Å². The van der Waals surface area contributed by atoms with E-state index in [0.717, 1.165) is 6.07 Å². The minimum Gasteiger partial charge on any atom is -0.495 e. The number of hydrogen-bond acceptors (Lipinski definition) is 8. The Morgan fingerprint density at radius 3 is 2.72 bits per heavy atom. The summed E-state index contributed by atoms with van der Waals surface area (Å²) in [6.45, 7) is 1.63. The van der Waals surface area contributed by atoms with Gasteiger partial charge in [-0.2, -0.15) is 0 Å². The molecule has 11 nitrogen and oxygen atoms in total. The predicted octanol–water partition coefficient (Wildman–Crippen LogP) is 2.86. The predicted molar refractivity (Wildman–Crippen MR) is 114 cm³/mol. The standard InChI is InChI=1S/C21H21N3O8/c1-13(20(26)22-15-12-14(24(28)29)9-10-17(15)30-2)31-19(25)8-5-11-23-16-6-3-4-7-18(16)32-21(23)27/h3-4,6-7,9-10,12-13H,5,8,11H2,1-2H3,(H,22,26). The van der Waals surface area contributed by atoms with Crippen molar-refractivity contribution >= 4 is 34.4 Å². The van der Waals surface area contributed by atoms with Crippen LogP contribution in [0.4, 0.5) is 11.4 Å². The van der Waals surface area contributed by atoms with Gasteiger partial charge in [-0.3, -0.25) is 24.3 Å². The Balaban J connectivity index is 1.54. The second-order valence-corrected chi connectivity index (χ2v) is 6.85. The van der Waals surface area contributed by atoms with Crippen LogP contribution < -0.4 is 15.8 Å². The highest BCUT2D eigenvalue weighted by atomic mass is 16.6. The molecule has 0 saturated carbocycles. The Morgan fingerprint density at radius 1 is 1.25 bits per heavy atom. The number of aromatic nitrogens is 1. The summed E-state index contributed by atoms with van der Waals surface area (Å²) < 4.78 is 16.8. The highest BCUT2D eigenvalue weighted by Crippen LogP contribution is 2.29. The van der Waals surface area contributed by atoms with Crippen LogP contribution in [0.15, 0.2) is 51.7 Å². The van der Waals surface area contributed by atoms with E-state index in [4.69, 9.17) is 13.9 Å². The van der Waals surface area contributed by atoms with Crippen molar-refractivity contribution in [1.82, 2.24) is 4.57 Å². The molecule has 0 aliphatic heterocycles. The van der Waals surface area contributed by atoms with Crippen LogP contribution >= 0.6 is 0 Å². The van der Waals surface area contributed by atoms with Crippen LogP contribution in [-0.2, 0) is 20.9 Å². The van der Waals surface area contributed by atoms with Crippen molar-refractivity contribution < 1.29 is 28.4 Å². The van der Waals surface area contributed by atoms with Gasteiger partial charge in [-0.1, -0.05) is 12.1 Å². The van der Waals surface area contributed by atoms with Crippen molar-refractivity contribution in [2.75, 3.05) is 12.4 Å². The molecule has 1 aromatic heterocycles. The third-order valence-corrected chi connectivity index (χ3v) is 4.67. The number of hydrogen-bond donors (Lipinski definition) is 1. The van der Waals surface area contributed by atoms with E-state index in [1.807, 2.05) is 0 Å². The molecule has 168 valence electrons. The van der Waals surface area contributed by atoms with Crippen molar-refractivity contribution in [3.05, 3.63) is 63.1 Å². The van der Waals surface area contributed by atoms with Crippen molar-refractivity contribution in [1.29, 1.82) is 0 Å². The summed E-state index contributed by atoms with van der Waals surface area (Å²) in [7, 11) is 1.36. The maximum absolute atomic E-state index is 12.4. The first kappa shape index (κ1) is 22.5. The van der Waals surface area contributed by atoms with Crippen LogP contribution in [0, 0.1) is 10.1 Å². The largest absolute Gasteiger partial charge is 0.495 e. The number of nitrogens with zero attached hydrogens (tertiary/aromatic N) is 2. The Morgan fingerprint density at radius 2 is 2.00 bits per heavy atom. The second-order valence-electron chi connectivity index (χ2n) is 6.85. The van der Waals surface area contributed by atoms with Crippen molar-refractivity contribution in [3.63, 3.8) is 0 Å². The average Bonchev–Trinajstić information content (AvgIpc) is 3.08. The van der Waals surface area contributed by atoms with Crippen molar-refractivity contribution in [2.24, 2.45) is 0 Å². The van der Waals surface area contributed by atoms with E-state index in [1.54, 1.807) is 24.3 Å². The molecule has 1 atom stereocenters. The number of nitro groups is 1. The van der Waals surface area contributed by atoms with Gasteiger partial charge in [0.05, 0.1) is 23.2 Å². The topological polar surface area (TPSA) is 143 Å². The summed E-state index contributed by atoms with van der Waals surface area (Å²) in [6.07, 6.45) is -0.872. The monoisotopic (exact) mass is 443 g/mol. The highest BCUT2D eigenvalue weighted by molar-refractivity contribution is 5.96. The molecule has 0 aliphatic carbocycles. The number of carbonyl (C=O) groups excluding carboxylic acids is 2. The van der Waals surface area contributed by atoms with E-state index in [-0.39, 0.29) is 30.1 Å². The lowest BCUT2D eigenvalue weighted by Gasteiger charge is -2.15. The molecule has 3 aromatic rings. The summed E-state index contributed by atoms with van der Waals surface area (Å²) in [5.41, 5.74) is 0.944. The molecule has 1 heterocycles. The number of para-hydroxylation sites is 2. The zero-order valence-electron chi connectivity index (χ0n) is 17.4. The number of anilines is 1. The summed E-state index contributed by atoms with van der Waals surface area (Å²) in [6, 6.07) is 10.7. The van der Waals surface area contributed by atoms with Crippen molar-refractivity contribution in [2.45, 2.75) is 32.4 Å². The summed E-state index contributed by atoms with van der Waals surface area (Å²) in [5.74, 6) is -1.59. The lowest BCUT2D eigenvalue weighted by atomic mass is 10.2. The molecule has 0 fully saturated rings. The Hall–Kier alpha value is -4.15. The zero-order valence-corrected chi connectivity index (χ0v) is 17.4. The van der Waals surface area contributed by atoms with Crippen molar-refractivity contribution in [3.8, 4) is 5.75 Å². The number of benzene rings is 2. The van der Waals surface area contributed by atoms with E-state index in [0.29, 0.717) is 17.5 Å². The van der Waals surface area contributed by atoms with E-state index >= 15 is 0 Å². The molecule has 3 rings (SSSR count). The highest BCUT2D eigenvalue weighted by Gasteiger charge is 2.21. The second kappa shape index (κ2) is 9.77. The average molecular weight is 443 g/mol. The number of fused-ring (bicyclic) bond motifs is 1. The van der Waals surface area contributed by atoms with Crippen LogP contribution in [0.5, 0.6) is 5.75 Å². The summed E-state index contributed by atoms with van der Waals surface area (Å²) in [5, 5.41) is 13.4. The van der Waals surface area contributed by atoms with Gasteiger partial charge >= 0.3 is 11.7 Å². The first-order valence-electron chi connectivity index (χ1n) is 9.71. The maximum atomic E-state index is 12.4. The number of amides is 1. The fourth-order valence-corrected chi connectivity index (χ4v) is 3.06. The number of rotatable bonds is 9. The van der Waals surface area contributed by atoms with E-state index in [1.165, 1.54) is 30.7 Å². The van der Waals surface area contributed by atoms with Crippen LogP contribution in [0.2, 0.25) is 0 Å². The number of oxazole rings is 1. The lowest BCUT2D eigenvalue weighted by molar-refractivity contribution is -0.384. The number of aryl methyl sites for hydroxylation is 1. The summed E-state index contributed by atoms with van der Waals surface area (Å²) >= 11 is 0. The van der Waals surface area contributed by atoms with Gasteiger partial charge in [0.15, 0.2) is 11.7 Å². The number of ether oxygens (including phenoxy) is 2. The molecule has 0 aliphatic rings. The van der Waals surface area contributed by atoms with Gasteiger partial charge in [-0.25, -0.2) is 4.79 Å². The van der Waals surface area contributed by atoms with Crippen LogP contribution in [0.25, 0.3) is 11.1 Å². The molecule has 1 unspecified atom stereocenters. The third kappa shape index (κ3) is 5.12. The fraction of sp³-hybridized carbons (Fsp3) is 0.286. The summed E-state index contributed by atoms with van der Waals surface area (Å²) in [4.78, 5) is 46.8. The fourth-order valence-electron chi connectivity index (χ4n) is 3.06. The number of nitrogens with one attached hydrogen (secondary N) is 1. The molecule has 1 N–H and O–H groups in total. The van der Waals surface area contributed by atoms with Crippen LogP contribution in [0.3, 0.4) is 0 Å². The Kier molecular flexibility index (Phi) is 6.88. The van der Waals surface area contributed by atoms with E-state index < -0.39 is 28.7 Å². The maximum Gasteiger partial charge on any atom is 0.419 e. The van der Waals surface area contributed by atoms with Gasteiger partial charge in [-0.05, 0) is 31.5 Å². The molecule has 11 heteroatoms. The van der Waals surface area contributed by atoms with Gasteiger partial charge in [0.25, 0.3) is 11.6 Å². The molecule has 0 bridgehead atoms. The number of esters is 1. The molecule has 0 saturated heterocycles. The molecule has 32 heavy (non-hydrogen) atoms. The number of carbonyl (C=O) groups is 2. The normalized spacial score (nSPS) is 11.7. The number of non-ortho nitro benzene ring substituents is 1. The Bertz CT molecular complexity index is 1210. The van der Waals surface area contributed by atoms with Gasteiger partial charge in [-0.15, -0.1) is 0 Å². The quantitative estimate of drug-likeness (QED) is 0.302. The molecule has 2 aromatic carbocycles. The van der Waals surface area contributed by atoms with Crippen LogP contribution in [-0.4, -0.2) is 34.6 Å². The van der Waals surface area contributed by atoms with Crippen LogP contribution in [0.1, 0.15) is 19.8 Å². The first-order valence-corrected chi connectivity index (χ1v) is 9.71. The number of nitro benzene ring substituents is 1. The van der Waals surface area contributed by atoms with Gasteiger partial charge in [0.1, 0.15) is 5.75 Å².